The standard InChI is InChI=1S/C12H13ClF3N/c13-11-4-2-1-3-10(11)8-5-9(6-8)17-7-12(14,15)16/h1-4,8-9,17H,5-7H2. The van der Waals surface area contributed by atoms with Crippen molar-refractivity contribution in [3.63, 3.8) is 0 Å². The van der Waals surface area contributed by atoms with Crippen molar-refractivity contribution >= 4 is 11.6 Å². The lowest BCUT2D eigenvalue weighted by Crippen LogP contribution is -2.44. The normalized spacial score (nSPS) is 24.5. The lowest BCUT2D eigenvalue weighted by Gasteiger charge is -2.37. The first-order valence-electron chi connectivity index (χ1n) is 5.50. The molecule has 1 N–H and O–H groups in total. The fourth-order valence-corrected chi connectivity index (χ4v) is 2.39. The molecular formula is C12H13ClF3N. The largest absolute Gasteiger partial charge is 0.401 e. The predicted octanol–water partition coefficient (Wildman–Crippen LogP) is 3.74. The highest BCUT2D eigenvalue weighted by atomic mass is 35.5. The van der Waals surface area contributed by atoms with Gasteiger partial charge in [-0.15, -0.1) is 0 Å². The lowest BCUT2D eigenvalue weighted by molar-refractivity contribution is -0.127. The molecule has 1 aliphatic rings. The quantitative estimate of drug-likeness (QED) is 0.876. The summed E-state index contributed by atoms with van der Waals surface area (Å²) in [5.41, 5.74) is 1.04. The molecule has 2 rings (SSSR count). The Bertz CT molecular complexity index is 386. The van der Waals surface area contributed by atoms with Gasteiger partial charge in [0.25, 0.3) is 0 Å². The second kappa shape index (κ2) is 4.86. The van der Waals surface area contributed by atoms with Gasteiger partial charge in [0, 0.05) is 11.1 Å². The van der Waals surface area contributed by atoms with Gasteiger partial charge in [0.05, 0.1) is 6.54 Å². The van der Waals surface area contributed by atoms with E-state index in [1.165, 1.54) is 0 Å². The molecule has 94 valence electrons. The zero-order valence-electron chi connectivity index (χ0n) is 9.10. The average molecular weight is 264 g/mol. The molecule has 0 saturated heterocycles. The maximum Gasteiger partial charge on any atom is 0.401 e. The summed E-state index contributed by atoms with van der Waals surface area (Å²) in [6, 6.07) is 7.46. The molecule has 0 unspecified atom stereocenters. The summed E-state index contributed by atoms with van der Waals surface area (Å²) in [5, 5.41) is 3.21. The maximum absolute atomic E-state index is 12.0. The Balaban J connectivity index is 1.81. The second-order valence-corrected chi connectivity index (χ2v) is 4.79. The molecule has 0 spiro atoms. The SMILES string of the molecule is FC(F)(F)CNC1CC(c2ccccc2Cl)C1. The van der Waals surface area contributed by atoms with Crippen LogP contribution in [0.4, 0.5) is 13.2 Å². The highest BCUT2D eigenvalue weighted by molar-refractivity contribution is 6.31. The minimum absolute atomic E-state index is 0.0436. The molecule has 0 aliphatic heterocycles. The van der Waals surface area contributed by atoms with Crippen LogP contribution in [0, 0.1) is 0 Å². The number of benzene rings is 1. The van der Waals surface area contributed by atoms with Crippen molar-refractivity contribution in [1.82, 2.24) is 5.32 Å². The molecule has 0 atom stereocenters. The maximum atomic E-state index is 12.0. The third kappa shape index (κ3) is 3.36. The Morgan fingerprint density at radius 1 is 1.24 bits per heavy atom. The third-order valence-corrected chi connectivity index (χ3v) is 3.42. The lowest BCUT2D eigenvalue weighted by atomic mass is 9.76. The summed E-state index contributed by atoms with van der Waals surface area (Å²) in [5.74, 6) is 0.287. The first-order chi connectivity index (χ1) is 7.96. The van der Waals surface area contributed by atoms with Gasteiger partial charge in [-0.05, 0) is 30.4 Å². The van der Waals surface area contributed by atoms with Crippen molar-refractivity contribution in [2.24, 2.45) is 0 Å². The first-order valence-corrected chi connectivity index (χ1v) is 5.88. The van der Waals surface area contributed by atoms with Crippen LogP contribution in [0.15, 0.2) is 24.3 Å². The van der Waals surface area contributed by atoms with Crippen LogP contribution >= 0.6 is 11.6 Å². The van der Waals surface area contributed by atoms with Crippen LogP contribution in [-0.2, 0) is 0 Å². The smallest absolute Gasteiger partial charge is 0.306 e. The number of nitrogens with one attached hydrogen (secondary N) is 1. The summed E-state index contributed by atoms with van der Waals surface area (Å²) in [6.07, 6.45) is -2.69. The number of hydrogen-bond donors (Lipinski definition) is 1. The van der Waals surface area contributed by atoms with Crippen molar-refractivity contribution in [1.29, 1.82) is 0 Å². The summed E-state index contributed by atoms with van der Waals surface area (Å²) in [6.45, 7) is -0.910. The summed E-state index contributed by atoms with van der Waals surface area (Å²) >= 11 is 6.03. The molecule has 5 heteroatoms. The van der Waals surface area contributed by atoms with E-state index in [9.17, 15) is 13.2 Å². The van der Waals surface area contributed by atoms with Gasteiger partial charge in [0.1, 0.15) is 0 Å². The highest BCUT2D eigenvalue weighted by Gasteiger charge is 2.34. The molecule has 0 amide bonds. The van der Waals surface area contributed by atoms with Crippen LogP contribution in [0.5, 0.6) is 0 Å². The van der Waals surface area contributed by atoms with Gasteiger partial charge in [0.2, 0.25) is 0 Å². The van der Waals surface area contributed by atoms with Crippen LogP contribution < -0.4 is 5.32 Å². The van der Waals surface area contributed by atoms with E-state index < -0.39 is 12.7 Å². The Kier molecular flexibility index (Phi) is 3.64. The number of alkyl halides is 3. The molecule has 1 aliphatic carbocycles. The molecule has 1 aromatic rings. The zero-order chi connectivity index (χ0) is 12.5. The average Bonchev–Trinajstić information content (AvgIpc) is 2.16. The van der Waals surface area contributed by atoms with E-state index in [4.69, 9.17) is 11.6 Å². The second-order valence-electron chi connectivity index (χ2n) is 4.38. The number of hydrogen-bond acceptors (Lipinski definition) is 1. The number of rotatable bonds is 3. The predicted molar refractivity (Wildman–Crippen MR) is 61.3 cm³/mol. The molecule has 0 radical (unpaired) electrons. The Labute approximate surface area is 103 Å². The van der Waals surface area contributed by atoms with Crippen LogP contribution in [0.3, 0.4) is 0 Å². The Morgan fingerprint density at radius 2 is 1.88 bits per heavy atom. The molecule has 1 saturated carbocycles. The van der Waals surface area contributed by atoms with Crippen molar-refractivity contribution in [3.05, 3.63) is 34.9 Å². The zero-order valence-corrected chi connectivity index (χ0v) is 9.85. The van der Waals surface area contributed by atoms with E-state index >= 15 is 0 Å². The van der Waals surface area contributed by atoms with E-state index in [1.807, 2.05) is 24.3 Å². The monoisotopic (exact) mass is 263 g/mol. The fraction of sp³-hybridized carbons (Fsp3) is 0.500. The highest BCUT2D eigenvalue weighted by Crippen LogP contribution is 2.40. The third-order valence-electron chi connectivity index (χ3n) is 3.07. The van der Waals surface area contributed by atoms with E-state index in [-0.39, 0.29) is 12.0 Å². The van der Waals surface area contributed by atoms with Gasteiger partial charge in [-0.3, -0.25) is 0 Å². The molecule has 0 heterocycles. The van der Waals surface area contributed by atoms with Gasteiger partial charge in [-0.25, -0.2) is 0 Å². The van der Waals surface area contributed by atoms with Crippen molar-refractivity contribution in [2.75, 3.05) is 6.54 Å². The first kappa shape index (κ1) is 12.7. The molecule has 1 aromatic carbocycles. The van der Waals surface area contributed by atoms with Gasteiger partial charge >= 0.3 is 6.18 Å². The van der Waals surface area contributed by atoms with Crippen LogP contribution in [0.1, 0.15) is 24.3 Å². The van der Waals surface area contributed by atoms with Gasteiger partial charge in [-0.1, -0.05) is 29.8 Å². The van der Waals surface area contributed by atoms with E-state index in [0.717, 1.165) is 18.4 Å². The Hall–Kier alpha value is -0.740. The minimum Gasteiger partial charge on any atom is -0.306 e. The Morgan fingerprint density at radius 3 is 2.47 bits per heavy atom. The molecule has 0 bridgehead atoms. The molecule has 0 aromatic heterocycles. The van der Waals surface area contributed by atoms with Crippen molar-refractivity contribution in [2.45, 2.75) is 31.0 Å². The van der Waals surface area contributed by atoms with Crippen molar-refractivity contribution < 1.29 is 13.2 Å². The van der Waals surface area contributed by atoms with Gasteiger partial charge in [-0.2, -0.15) is 13.2 Å². The minimum atomic E-state index is -4.13. The van der Waals surface area contributed by atoms with E-state index in [0.29, 0.717) is 5.02 Å². The molecule has 1 nitrogen and oxygen atoms in total. The summed E-state index contributed by atoms with van der Waals surface area (Å²) in [7, 11) is 0. The fourth-order valence-electron chi connectivity index (χ4n) is 2.10. The number of halogens is 4. The van der Waals surface area contributed by atoms with E-state index in [2.05, 4.69) is 5.32 Å². The van der Waals surface area contributed by atoms with Crippen LogP contribution in [0.2, 0.25) is 5.02 Å². The van der Waals surface area contributed by atoms with Crippen molar-refractivity contribution in [3.8, 4) is 0 Å². The van der Waals surface area contributed by atoms with Crippen LogP contribution in [-0.4, -0.2) is 18.8 Å². The van der Waals surface area contributed by atoms with Gasteiger partial charge < -0.3 is 5.32 Å². The van der Waals surface area contributed by atoms with Gasteiger partial charge in [0.15, 0.2) is 0 Å². The molecule has 1 fully saturated rings. The molecular weight excluding hydrogens is 251 g/mol. The summed E-state index contributed by atoms with van der Waals surface area (Å²) in [4.78, 5) is 0. The molecule has 17 heavy (non-hydrogen) atoms. The summed E-state index contributed by atoms with van der Waals surface area (Å²) < 4.78 is 35.9. The van der Waals surface area contributed by atoms with Crippen LogP contribution in [0.25, 0.3) is 0 Å². The van der Waals surface area contributed by atoms with E-state index in [1.54, 1.807) is 0 Å². The topological polar surface area (TPSA) is 12.0 Å².